The smallest absolute Gasteiger partial charge is 0.416 e. The number of hydrogen-bond donors (Lipinski definition) is 1. The van der Waals surface area contributed by atoms with E-state index in [-0.39, 0.29) is 91.4 Å². The first-order valence-corrected chi connectivity index (χ1v) is 24.9. The standard InChI is InChI=1S/C53H67F6N5O10/c1-8-9-10-13-38(65)24-32-20-36(52(54,55)56)22-34(46(32)71-40-15-18-63(29-40)48(69)73-50(2,3)4)26-44(67)42-28-43(62-31-61-42)45(68)27-35-23-37(53(57,58)59)21-33(25-39(66)14-11-12-17-60)47(35)72-41-16-19-64(30-41)49(70)74-51(5,6)7/h20-23,28,31,40-41H,8-19,24-27,29-30,60H2,1-7H3/t40-,41?/m1/s1. The largest absolute Gasteiger partial charge is 0.488 e. The summed E-state index contributed by atoms with van der Waals surface area (Å²) in [5, 5.41) is 0. The van der Waals surface area contributed by atoms with Gasteiger partial charge in [-0.05, 0) is 97.7 Å². The van der Waals surface area contributed by atoms with E-state index in [2.05, 4.69) is 9.97 Å². The molecule has 2 N–H and O–H groups in total. The van der Waals surface area contributed by atoms with E-state index in [4.69, 9.17) is 24.7 Å². The van der Waals surface area contributed by atoms with Crippen molar-refractivity contribution in [1.82, 2.24) is 19.8 Å². The fraction of sp³-hybridized carbons (Fsp3) is 0.585. The van der Waals surface area contributed by atoms with Crippen LogP contribution in [-0.4, -0.2) is 111 Å². The second kappa shape index (κ2) is 24.9. The molecular weight excluding hydrogens is 981 g/mol. The lowest BCUT2D eigenvalue weighted by Crippen LogP contribution is -2.36. The van der Waals surface area contributed by atoms with E-state index < -0.39 is 113 Å². The second-order valence-corrected chi connectivity index (χ2v) is 20.8. The van der Waals surface area contributed by atoms with Crippen molar-refractivity contribution >= 4 is 35.3 Å². The maximum Gasteiger partial charge on any atom is 0.416 e. The molecule has 1 unspecified atom stereocenters. The van der Waals surface area contributed by atoms with Crippen LogP contribution in [0.4, 0.5) is 35.9 Å². The number of hydrogen-bond acceptors (Lipinski definition) is 13. The normalized spacial score (nSPS) is 16.3. The van der Waals surface area contributed by atoms with E-state index >= 15 is 0 Å². The third kappa shape index (κ3) is 17.5. The molecule has 3 heterocycles. The van der Waals surface area contributed by atoms with E-state index in [1.165, 1.54) is 9.80 Å². The molecule has 2 fully saturated rings. The van der Waals surface area contributed by atoms with Crippen molar-refractivity contribution in [2.45, 2.75) is 168 Å². The predicted molar refractivity (Wildman–Crippen MR) is 259 cm³/mol. The monoisotopic (exact) mass is 1050 g/mol. The zero-order chi connectivity index (χ0) is 54.8. The maximum atomic E-state index is 14.6. The molecule has 2 aliphatic rings. The van der Waals surface area contributed by atoms with Crippen molar-refractivity contribution in [2.24, 2.45) is 5.73 Å². The predicted octanol–water partition coefficient (Wildman–Crippen LogP) is 10.1. The van der Waals surface area contributed by atoms with Crippen molar-refractivity contribution < 1.29 is 74.1 Å². The first-order valence-electron chi connectivity index (χ1n) is 24.9. The summed E-state index contributed by atoms with van der Waals surface area (Å²) in [4.78, 5) is 91.4. The Morgan fingerprint density at radius 1 is 0.581 bits per heavy atom. The molecule has 2 atom stereocenters. The molecule has 3 aromatic rings. The highest BCUT2D eigenvalue weighted by Crippen LogP contribution is 2.40. The van der Waals surface area contributed by atoms with Crippen LogP contribution in [0.2, 0.25) is 0 Å². The third-order valence-corrected chi connectivity index (χ3v) is 12.0. The fourth-order valence-corrected chi connectivity index (χ4v) is 8.46. The Bertz CT molecular complexity index is 2350. The average Bonchev–Trinajstić information content (AvgIpc) is 3.97. The highest BCUT2D eigenvalue weighted by molar-refractivity contribution is 6.01. The summed E-state index contributed by atoms with van der Waals surface area (Å²) in [6.45, 7) is 12.7. The van der Waals surface area contributed by atoms with Gasteiger partial charge in [-0.25, -0.2) is 19.6 Å². The zero-order valence-electron chi connectivity index (χ0n) is 43.1. The number of carbonyl (C=O) groups is 6. The number of nitrogens with two attached hydrogens (primary N) is 1. The van der Waals surface area contributed by atoms with Gasteiger partial charge in [0.15, 0.2) is 11.6 Å². The van der Waals surface area contributed by atoms with E-state index in [1.807, 2.05) is 6.92 Å². The number of nitrogens with zero attached hydrogens (tertiary/aromatic N) is 4. The quantitative estimate of drug-likeness (QED) is 0.0567. The van der Waals surface area contributed by atoms with Gasteiger partial charge in [-0.15, -0.1) is 0 Å². The van der Waals surface area contributed by atoms with Crippen LogP contribution < -0.4 is 15.2 Å². The van der Waals surface area contributed by atoms with Gasteiger partial charge in [0.05, 0.1) is 24.2 Å². The van der Waals surface area contributed by atoms with Gasteiger partial charge in [-0.2, -0.15) is 26.3 Å². The Kier molecular flexibility index (Phi) is 19.8. The van der Waals surface area contributed by atoms with E-state index in [0.29, 0.717) is 32.2 Å². The van der Waals surface area contributed by atoms with Crippen LogP contribution >= 0.6 is 0 Å². The summed E-state index contributed by atoms with van der Waals surface area (Å²) in [6, 6.07) is 4.02. The van der Waals surface area contributed by atoms with Gasteiger partial charge in [0.1, 0.15) is 64.2 Å². The van der Waals surface area contributed by atoms with Crippen LogP contribution in [0.5, 0.6) is 11.5 Å². The highest BCUT2D eigenvalue weighted by Gasteiger charge is 2.38. The molecule has 0 aliphatic carbocycles. The fourth-order valence-electron chi connectivity index (χ4n) is 8.46. The molecule has 2 aliphatic heterocycles. The molecule has 2 aromatic carbocycles. The number of unbranched alkanes of at least 4 members (excludes halogenated alkanes) is 3. The molecule has 74 heavy (non-hydrogen) atoms. The van der Waals surface area contributed by atoms with Gasteiger partial charge in [0, 0.05) is 86.7 Å². The number of alkyl halides is 6. The summed E-state index contributed by atoms with van der Waals surface area (Å²) in [7, 11) is 0. The minimum atomic E-state index is -4.94. The first kappa shape index (κ1) is 58.8. The van der Waals surface area contributed by atoms with Crippen LogP contribution in [0.15, 0.2) is 36.7 Å². The Hall–Kier alpha value is -6.12. The Morgan fingerprint density at radius 2 is 0.959 bits per heavy atom. The average molecular weight is 1050 g/mol. The molecule has 2 saturated heterocycles. The molecule has 15 nitrogen and oxygen atoms in total. The number of aromatic nitrogens is 2. The van der Waals surface area contributed by atoms with Gasteiger partial charge in [-0.3, -0.25) is 19.2 Å². The maximum absolute atomic E-state index is 14.6. The molecule has 0 bridgehead atoms. The molecule has 0 radical (unpaired) electrons. The third-order valence-electron chi connectivity index (χ3n) is 12.0. The lowest BCUT2D eigenvalue weighted by Gasteiger charge is -2.25. The van der Waals surface area contributed by atoms with Gasteiger partial charge in [-0.1, -0.05) is 19.8 Å². The zero-order valence-corrected chi connectivity index (χ0v) is 43.1. The van der Waals surface area contributed by atoms with Crippen LogP contribution in [0.1, 0.15) is 161 Å². The summed E-state index contributed by atoms with van der Waals surface area (Å²) < 4.78 is 111. The summed E-state index contributed by atoms with van der Waals surface area (Å²) in [5.74, 6) is -2.90. The number of likely N-dealkylation sites (tertiary alicyclic amines) is 2. The number of halogens is 6. The van der Waals surface area contributed by atoms with Crippen LogP contribution in [-0.2, 0) is 57.1 Å². The van der Waals surface area contributed by atoms with Crippen molar-refractivity contribution in [2.75, 3.05) is 32.7 Å². The number of ether oxygens (including phenoxy) is 4. The van der Waals surface area contributed by atoms with Gasteiger partial charge >= 0.3 is 24.5 Å². The number of carbonyl (C=O) groups excluding carboxylic acids is 6. The van der Waals surface area contributed by atoms with E-state index in [1.54, 1.807) is 41.5 Å². The van der Waals surface area contributed by atoms with Gasteiger partial charge in [0.2, 0.25) is 0 Å². The molecule has 406 valence electrons. The number of benzene rings is 2. The van der Waals surface area contributed by atoms with Gasteiger partial charge < -0.3 is 34.5 Å². The molecule has 21 heteroatoms. The Labute approximate surface area is 427 Å². The molecule has 5 rings (SSSR count). The molecule has 0 spiro atoms. The van der Waals surface area contributed by atoms with Crippen molar-refractivity contribution in [3.63, 3.8) is 0 Å². The Balaban J connectivity index is 1.50. The van der Waals surface area contributed by atoms with Crippen molar-refractivity contribution in [3.8, 4) is 11.5 Å². The topological polar surface area (TPSA) is 198 Å². The van der Waals surface area contributed by atoms with Crippen LogP contribution in [0, 0.1) is 0 Å². The van der Waals surface area contributed by atoms with E-state index in [9.17, 15) is 55.1 Å². The molecule has 0 saturated carbocycles. The number of Topliss-reactive ketones (excluding diaryl/α,β-unsaturated/α-hetero) is 4. The first-order chi connectivity index (χ1) is 34.5. The molecule has 1 aromatic heterocycles. The Morgan fingerprint density at radius 3 is 1.31 bits per heavy atom. The van der Waals surface area contributed by atoms with Crippen LogP contribution in [0.3, 0.4) is 0 Å². The summed E-state index contributed by atoms with van der Waals surface area (Å²) in [6.07, 6.45) is -10.9. The number of amides is 2. The number of ketones is 4. The molecular formula is C53H67F6N5O10. The van der Waals surface area contributed by atoms with Gasteiger partial charge in [0.25, 0.3) is 0 Å². The summed E-state index contributed by atoms with van der Waals surface area (Å²) in [5.41, 5.74) is -0.0386. The highest BCUT2D eigenvalue weighted by atomic mass is 19.4. The lowest BCUT2D eigenvalue weighted by atomic mass is 9.94. The lowest BCUT2D eigenvalue weighted by molar-refractivity contribution is -0.138. The van der Waals surface area contributed by atoms with Crippen molar-refractivity contribution in [1.29, 1.82) is 0 Å². The number of rotatable bonds is 22. The van der Waals surface area contributed by atoms with E-state index in [0.717, 1.165) is 43.1 Å². The SMILES string of the molecule is CCCCCC(=O)Cc1cc(C(F)(F)F)cc(CC(=O)c2cc(C(=O)Cc3cc(C(F)(F)F)cc(CC(=O)CCCCN)c3OC3CCN(C(=O)OC(C)(C)C)C3)ncn2)c1O[C@@H]1CCN(C(=O)OC(C)(C)C)C1. The minimum absolute atomic E-state index is 0.00856. The summed E-state index contributed by atoms with van der Waals surface area (Å²) >= 11 is 0. The second-order valence-electron chi connectivity index (χ2n) is 20.8. The van der Waals surface area contributed by atoms with Crippen LogP contribution in [0.25, 0.3) is 0 Å². The minimum Gasteiger partial charge on any atom is -0.488 e. The van der Waals surface area contributed by atoms with Crippen molar-refractivity contribution in [3.05, 3.63) is 81.4 Å². The molecule has 2 amide bonds.